The summed E-state index contributed by atoms with van der Waals surface area (Å²) in [4.78, 5) is 81.8. The summed E-state index contributed by atoms with van der Waals surface area (Å²) in [7, 11) is -4.00. The molecule has 2 saturated heterocycles. The molecule has 88 heavy (non-hydrogen) atoms. The normalized spacial score (nSPS) is 29.6. The summed E-state index contributed by atoms with van der Waals surface area (Å²) in [5.74, 6) is -3.32. The van der Waals surface area contributed by atoms with Crippen molar-refractivity contribution in [3.8, 4) is 5.75 Å². The number of Topliss-reactive ketones (excluding diaryl/α,β-unsaturated/α-hetero) is 1. The van der Waals surface area contributed by atoms with Crippen LogP contribution in [0.4, 0.5) is 4.79 Å². The number of nitrogens with zero attached hydrogens (tertiary/aromatic N) is 2. The Hall–Kier alpha value is -6.00. The number of rotatable bonds is 20. The molecule has 5 aliphatic rings. The van der Waals surface area contributed by atoms with Crippen LogP contribution in [0, 0.1) is 16.7 Å². The third kappa shape index (κ3) is 11.9. The smallest absolute Gasteiger partial charge is 0.413 e. The lowest BCUT2D eigenvalue weighted by Crippen LogP contribution is -2.86. The number of carbonyl (C=O) groups is 5. The number of hydrogen-bond donors (Lipinski definition) is 1. The average molecular weight is 1240 g/mol. The first-order valence-electron chi connectivity index (χ1n) is 31.8. The van der Waals surface area contributed by atoms with Crippen LogP contribution in [0.1, 0.15) is 149 Å². The van der Waals surface area contributed by atoms with Crippen molar-refractivity contribution in [3.05, 3.63) is 149 Å². The maximum Gasteiger partial charge on any atom is 0.413 e. The number of aliphatic hydroxyl groups is 1. The van der Waals surface area contributed by atoms with Gasteiger partial charge in [0.2, 0.25) is 0 Å². The molecule has 2 aliphatic heterocycles. The van der Waals surface area contributed by atoms with Crippen LogP contribution in [0.3, 0.4) is 0 Å². The zero-order valence-electron chi connectivity index (χ0n) is 54.4. The van der Waals surface area contributed by atoms with Gasteiger partial charge in [0.15, 0.2) is 34.7 Å². The van der Waals surface area contributed by atoms with Crippen molar-refractivity contribution in [2.24, 2.45) is 16.7 Å². The molecule has 0 unspecified atom stereocenters. The van der Waals surface area contributed by atoms with Gasteiger partial charge in [-0.05, 0) is 124 Å². The Bertz CT molecular complexity index is 3170. The Kier molecular flexibility index (Phi) is 19.4. The Labute approximate surface area is 523 Å². The molecule has 2 heterocycles. The topological polar surface area (TPSA) is 186 Å². The standard InChI is InChI=1S/C70H94N2O14Si2/c1-16-87(17-2,18-3)85-54-41-53-69(83-46(8)73,44-71(53)43-47-31-25-22-26-32-47)59-61(82-63(75)50-35-29-24-30-36-50)70(78)42-52(45(7)55(67(70,12)13)57(60(74)68(54,59)14)86-88(19-4,20-5)21-6)80-64(76)58-56(48-33-27-23-28-34-48)72(65(77)84-66(9,10)11)62(81-58)49-37-39-51(79-15)40-38-49/h22-40,52-54,56-59,61-62,78H,16-21,41-44H2,1-15H3/t52-,53+,54-,56-,57+,58+,59-,61-,62+,68+,69-,70+/m0/s1. The predicted octanol–water partition coefficient (Wildman–Crippen LogP) is 13.3. The zero-order valence-corrected chi connectivity index (χ0v) is 56.4. The monoisotopic (exact) mass is 1240 g/mol. The van der Waals surface area contributed by atoms with Crippen LogP contribution in [0.25, 0.3) is 0 Å². The molecular formula is C70H94N2O14Si2. The van der Waals surface area contributed by atoms with Crippen LogP contribution in [-0.2, 0) is 53.5 Å². The van der Waals surface area contributed by atoms with E-state index in [1.54, 1.807) is 82.5 Å². The molecule has 1 amide bonds. The van der Waals surface area contributed by atoms with Crippen LogP contribution in [0.2, 0.25) is 36.3 Å². The second-order valence-electron chi connectivity index (χ2n) is 26.8. The highest BCUT2D eigenvalue weighted by atomic mass is 28.4. The number of ketones is 1. The lowest BCUT2D eigenvalue weighted by molar-refractivity contribution is -0.308. The summed E-state index contributed by atoms with van der Waals surface area (Å²) in [6.07, 6.45) is -8.68. The summed E-state index contributed by atoms with van der Waals surface area (Å²) in [6.45, 7) is 27.4. The van der Waals surface area contributed by atoms with Crippen molar-refractivity contribution in [1.29, 1.82) is 0 Å². The van der Waals surface area contributed by atoms with Gasteiger partial charge in [0.25, 0.3) is 0 Å². The van der Waals surface area contributed by atoms with Gasteiger partial charge in [-0.3, -0.25) is 19.4 Å². The van der Waals surface area contributed by atoms with E-state index >= 15 is 19.5 Å². The van der Waals surface area contributed by atoms with Crippen LogP contribution in [0.5, 0.6) is 5.75 Å². The fourth-order valence-electron chi connectivity index (χ4n) is 15.5. The molecule has 4 aromatic rings. The van der Waals surface area contributed by atoms with Crippen LogP contribution >= 0.6 is 0 Å². The predicted molar refractivity (Wildman–Crippen MR) is 340 cm³/mol. The maximum absolute atomic E-state index is 17.6. The maximum atomic E-state index is 17.6. The largest absolute Gasteiger partial charge is 0.497 e. The van der Waals surface area contributed by atoms with Gasteiger partial charge in [0.1, 0.15) is 46.9 Å². The van der Waals surface area contributed by atoms with E-state index in [0.717, 1.165) is 23.7 Å². The number of ether oxygens (including phenoxy) is 6. The molecule has 4 fully saturated rings. The molecule has 18 heteroatoms. The Morgan fingerprint density at radius 1 is 0.739 bits per heavy atom. The lowest BCUT2D eigenvalue weighted by Gasteiger charge is -2.71. The van der Waals surface area contributed by atoms with E-state index in [4.69, 9.17) is 37.3 Å². The van der Waals surface area contributed by atoms with E-state index in [0.29, 0.717) is 52.7 Å². The Morgan fingerprint density at radius 3 is 1.84 bits per heavy atom. The van der Waals surface area contributed by atoms with E-state index < -0.39 is 123 Å². The van der Waals surface area contributed by atoms with Crippen molar-refractivity contribution < 1.29 is 66.4 Å². The number of esters is 3. The minimum Gasteiger partial charge on any atom is -0.497 e. The molecule has 2 saturated carbocycles. The molecule has 4 aromatic carbocycles. The van der Waals surface area contributed by atoms with Crippen molar-refractivity contribution in [3.63, 3.8) is 0 Å². The third-order valence-corrected chi connectivity index (χ3v) is 30.1. The average Bonchev–Trinajstić information content (AvgIpc) is 0.764. The third-order valence-electron chi connectivity index (χ3n) is 20.9. The van der Waals surface area contributed by atoms with Crippen LogP contribution < -0.4 is 4.74 Å². The number of methoxy groups -OCH3 is 1. The molecule has 12 atom stereocenters. The SMILES string of the molecule is CC[Si](CC)(CC)O[C@H]1C(=O)[C@]2(C)[C@@H](O[Si](CC)(CC)CC)C[C@H]3N(Cc4ccccc4)C[C@@]3(OC(C)=O)[C@H]2[C@H](OC(=O)c2ccccc2)[C@]2(O)C[C@H](OC(=O)[C@@H]3O[C@H](c4ccc(OC)cc4)N(C(=O)OC(C)(C)C)[C@H]3c3ccccc3)C(C)=C1C2(C)C. The minimum atomic E-state index is -2.88. The van der Waals surface area contributed by atoms with E-state index in [1.165, 1.54) is 11.8 Å². The number of hydrogen-bond acceptors (Lipinski definition) is 15. The second kappa shape index (κ2) is 25.7. The van der Waals surface area contributed by atoms with E-state index in [1.807, 2.05) is 88.4 Å². The van der Waals surface area contributed by atoms with Crippen molar-refractivity contribution in [2.45, 2.75) is 218 Å². The first kappa shape index (κ1) is 66.4. The number of likely N-dealkylation sites (tertiary alicyclic amines) is 1. The van der Waals surface area contributed by atoms with Crippen LogP contribution in [0.15, 0.2) is 126 Å². The molecule has 0 radical (unpaired) electrons. The zero-order chi connectivity index (χ0) is 63.9. The molecule has 16 nitrogen and oxygen atoms in total. The number of benzene rings is 4. The molecule has 0 spiro atoms. The van der Waals surface area contributed by atoms with E-state index in [-0.39, 0.29) is 30.7 Å². The van der Waals surface area contributed by atoms with Crippen LogP contribution in [-0.4, -0.2) is 128 Å². The highest BCUT2D eigenvalue weighted by molar-refractivity contribution is 6.74. The fraction of sp³-hybridized carbons (Fsp3) is 0.557. The molecule has 476 valence electrons. The molecule has 1 N–H and O–H groups in total. The number of carbonyl (C=O) groups excluding carboxylic acids is 5. The molecule has 2 bridgehead atoms. The van der Waals surface area contributed by atoms with Crippen molar-refractivity contribution in [2.75, 3.05) is 13.7 Å². The van der Waals surface area contributed by atoms with Gasteiger partial charge in [0, 0.05) is 37.4 Å². The molecule has 0 aromatic heterocycles. The van der Waals surface area contributed by atoms with E-state index in [9.17, 15) is 9.59 Å². The summed E-state index contributed by atoms with van der Waals surface area (Å²) < 4.78 is 55.1. The molecule has 3 aliphatic carbocycles. The van der Waals surface area contributed by atoms with Gasteiger partial charge < -0.3 is 42.4 Å². The molecular weight excluding hydrogens is 1150 g/mol. The van der Waals surface area contributed by atoms with Crippen molar-refractivity contribution in [1.82, 2.24) is 9.80 Å². The van der Waals surface area contributed by atoms with Gasteiger partial charge in [-0.1, -0.05) is 146 Å². The van der Waals surface area contributed by atoms with Gasteiger partial charge in [0.05, 0.1) is 36.2 Å². The highest BCUT2D eigenvalue weighted by Gasteiger charge is 2.79. The van der Waals surface area contributed by atoms with Gasteiger partial charge in [-0.2, -0.15) is 0 Å². The first-order valence-corrected chi connectivity index (χ1v) is 36.9. The first-order chi connectivity index (χ1) is 41.7. The number of fused-ring (bicyclic) bond motifs is 5. The van der Waals surface area contributed by atoms with Gasteiger partial charge >= 0.3 is 24.0 Å². The Balaban J connectivity index is 1.30. The van der Waals surface area contributed by atoms with Crippen molar-refractivity contribution >= 4 is 46.4 Å². The summed E-state index contributed by atoms with van der Waals surface area (Å²) in [5, 5.41) is 15.1. The Morgan fingerprint density at radius 2 is 1.30 bits per heavy atom. The van der Waals surface area contributed by atoms with E-state index in [2.05, 4.69) is 46.4 Å². The van der Waals surface area contributed by atoms with Gasteiger partial charge in [-0.25, -0.2) is 14.4 Å². The number of amides is 1. The highest BCUT2D eigenvalue weighted by Crippen LogP contribution is 2.66. The summed E-state index contributed by atoms with van der Waals surface area (Å²) >= 11 is 0. The summed E-state index contributed by atoms with van der Waals surface area (Å²) in [5.41, 5.74) is -4.79. The fourth-order valence-corrected chi connectivity index (χ4v) is 21.2. The van der Waals surface area contributed by atoms with Gasteiger partial charge in [-0.15, -0.1) is 0 Å². The quantitative estimate of drug-likeness (QED) is 0.0381. The molecule has 9 rings (SSSR count). The summed E-state index contributed by atoms with van der Waals surface area (Å²) in [6, 6.07) is 37.1. The second-order valence-corrected chi connectivity index (χ2v) is 36.2. The minimum absolute atomic E-state index is 0.118. The lowest BCUT2D eigenvalue weighted by atomic mass is 9.43.